The third-order valence-corrected chi connectivity index (χ3v) is 3.26. The number of nitrogens with one attached hydrogen (secondary N) is 1. The van der Waals surface area contributed by atoms with Crippen LogP contribution in [0.15, 0.2) is 24.3 Å². The third-order valence-electron chi connectivity index (χ3n) is 3.26. The molecule has 0 saturated carbocycles. The summed E-state index contributed by atoms with van der Waals surface area (Å²) in [5.74, 6) is 0.403. The van der Waals surface area contributed by atoms with E-state index in [2.05, 4.69) is 25.2 Å². The van der Waals surface area contributed by atoms with Crippen molar-refractivity contribution in [2.75, 3.05) is 13.2 Å². The molecular formula is C17H27NO3. The van der Waals surface area contributed by atoms with E-state index in [4.69, 9.17) is 9.47 Å². The predicted molar refractivity (Wildman–Crippen MR) is 84.5 cm³/mol. The summed E-state index contributed by atoms with van der Waals surface area (Å²) >= 11 is 0. The summed E-state index contributed by atoms with van der Waals surface area (Å²) in [6.07, 6.45) is 1.15. The zero-order valence-corrected chi connectivity index (χ0v) is 13.5. The van der Waals surface area contributed by atoms with E-state index in [-0.39, 0.29) is 12.0 Å². The third kappa shape index (κ3) is 5.76. The molecule has 0 saturated heterocycles. The Balaban J connectivity index is 2.72. The molecule has 0 spiro atoms. The largest absolute Gasteiger partial charge is 0.479 e. The zero-order valence-electron chi connectivity index (χ0n) is 13.5. The summed E-state index contributed by atoms with van der Waals surface area (Å²) in [6.45, 7) is 9.33. The maximum Gasteiger partial charge on any atom is 0.347 e. The average molecular weight is 293 g/mol. The van der Waals surface area contributed by atoms with Crippen LogP contribution in [0.3, 0.4) is 0 Å². The van der Waals surface area contributed by atoms with Gasteiger partial charge in [-0.1, -0.05) is 26.0 Å². The van der Waals surface area contributed by atoms with Crippen molar-refractivity contribution in [1.29, 1.82) is 0 Å². The minimum atomic E-state index is -0.542. The van der Waals surface area contributed by atoms with Crippen LogP contribution in [-0.4, -0.2) is 25.2 Å². The Hall–Kier alpha value is -1.55. The topological polar surface area (TPSA) is 47.6 Å². The van der Waals surface area contributed by atoms with Gasteiger partial charge < -0.3 is 14.8 Å². The van der Waals surface area contributed by atoms with Crippen LogP contribution in [0.2, 0.25) is 0 Å². The van der Waals surface area contributed by atoms with E-state index < -0.39 is 6.10 Å². The van der Waals surface area contributed by atoms with Crippen LogP contribution in [0.4, 0.5) is 0 Å². The van der Waals surface area contributed by atoms with Crippen molar-refractivity contribution in [3.8, 4) is 5.75 Å². The molecule has 1 N–H and O–H groups in total. The van der Waals surface area contributed by atoms with Gasteiger partial charge in [0.25, 0.3) is 0 Å². The minimum Gasteiger partial charge on any atom is -0.479 e. The number of carbonyl (C=O) groups is 1. The highest BCUT2D eigenvalue weighted by atomic mass is 16.6. The molecule has 4 nitrogen and oxygen atoms in total. The first-order chi connectivity index (χ1) is 10.1. The molecule has 0 fully saturated rings. The molecule has 118 valence electrons. The van der Waals surface area contributed by atoms with Gasteiger partial charge in [-0.15, -0.1) is 0 Å². The fraction of sp³-hybridized carbons (Fsp3) is 0.588. The Morgan fingerprint density at radius 2 is 2.05 bits per heavy atom. The fourth-order valence-corrected chi connectivity index (χ4v) is 2.03. The van der Waals surface area contributed by atoms with Gasteiger partial charge in [0.05, 0.1) is 6.61 Å². The number of rotatable bonds is 9. The van der Waals surface area contributed by atoms with Crippen LogP contribution in [0.5, 0.6) is 5.75 Å². The van der Waals surface area contributed by atoms with Crippen LogP contribution in [-0.2, 0) is 9.53 Å². The molecule has 1 aromatic rings. The zero-order chi connectivity index (χ0) is 15.7. The maximum absolute atomic E-state index is 11.8. The van der Waals surface area contributed by atoms with Gasteiger partial charge in [-0.2, -0.15) is 0 Å². The van der Waals surface area contributed by atoms with E-state index in [0.29, 0.717) is 18.8 Å². The van der Waals surface area contributed by atoms with Crippen LogP contribution < -0.4 is 10.1 Å². The average Bonchev–Trinajstić information content (AvgIpc) is 2.50. The van der Waals surface area contributed by atoms with Crippen molar-refractivity contribution in [3.05, 3.63) is 29.8 Å². The molecule has 0 aliphatic heterocycles. The predicted octanol–water partition coefficient (Wildman–Crippen LogP) is 3.47. The SMILES string of the molecule is CCCNC(C)c1cccc(OC(CC)C(=O)OCC)c1. The monoisotopic (exact) mass is 293 g/mol. The molecule has 21 heavy (non-hydrogen) atoms. The second-order valence-electron chi connectivity index (χ2n) is 5.02. The van der Waals surface area contributed by atoms with Gasteiger partial charge in [-0.05, 0) is 50.9 Å². The number of carbonyl (C=O) groups excluding carboxylic acids is 1. The van der Waals surface area contributed by atoms with Gasteiger partial charge in [-0.25, -0.2) is 4.79 Å². The molecule has 0 heterocycles. The van der Waals surface area contributed by atoms with Gasteiger partial charge in [0, 0.05) is 6.04 Å². The number of esters is 1. The summed E-state index contributed by atoms with van der Waals surface area (Å²) in [6, 6.07) is 8.13. The van der Waals surface area contributed by atoms with Gasteiger partial charge >= 0.3 is 5.97 Å². The molecule has 4 heteroatoms. The summed E-state index contributed by atoms with van der Waals surface area (Å²) in [5.41, 5.74) is 1.15. The summed E-state index contributed by atoms with van der Waals surface area (Å²) in [7, 11) is 0. The van der Waals surface area contributed by atoms with Crippen molar-refractivity contribution in [1.82, 2.24) is 5.32 Å². The lowest BCUT2D eigenvalue weighted by Gasteiger charge is -2.18. The minimum absolute atomic E-state index is 0.260. The van der Waals surface area contributed by atoms with E-state index >= 15 is 0 Å². The molecular weight excluding hydrogens is 266 g/mol. The molecule has 1 rings (SSSR count). The second-order valence-corrected chi connectivity index (χ2v) is 5.02. The highest BCUT2D eigenvalue weighted by Crippen LogP contribution is 2.21. The molecule has 0 aliphatic rings. The lowest BCUT2D eigenvalue weighted by Crippen LogP contribution is -2.28. The van der Waals surface area contributed by atoms with Crippen molar-refractivity contribution in [2.24, 2.45) is 0 Å². The highest BCUT2D eigenvalue weighted by molar-refractivity contribution is 5.75. The summed E-state index contributed by atoms with van der Waals surface area (Å²) in [4.78, 5) is 11.8. The first kappa shape index (κ1) is 17.5. The van der Waals surface area contributed by atoms with Crippen LogP contribution in [0, 0.1) is 0 Å². The molecule has 1 aromatic carbocycles. The lowest BCUT2D eigenvalue weighted by molar-refractivity contribution is -0.151. The first-order valence-corrected chi connectivity index (χ1v) is 7.78. The number of hydrogen-bond donors (Lipinski definition) is 1. The van der Waals surface area contributed by atoms with Crippen LogP contribution >= 0.6 is 0 Å². The summed E-state index contributed by atoms with van der Waals surface area (Å²) in [5, 5.41) is 3.44. The van der Waals surface area contributed by atoms with E-state index in [1.54, 1.807) is 6.92 Å². The van der Waals surface area contributed by atoms with Crippen LogP contribution in [0.1, 0.15) is 52.1 Å². The molecule has 0 aromatic heterocycles. The Kier molecular flexibility index (Phi) is 7.83. The van der Waals surface area contributed by atoms with Gasteiger partial charge in [0.1, 0.15) is 5.75 Å². The van der Waals surface area contributed by atoms with Crippen molar-refractivity contribution < 1.29 is 14.3 Å². The second kappa shape index (κ2) is 9.40. The van der Waals surface area contributed by atoms with E-state index in [0.717, 1.165) is 18.5 Å². The van der Waals surface area contributed by atoms with Crippen molar-refractivity contribution in [2.45, 2.75) is 52.7 Å². The van der Waals surface area contributed by atoms with E-state index in [9.17, 15) is 4.79 Å². The van der Waals surface area contributed by atoms with E-state index in [1.807, 2.05) is 25.1 Å². The van der Waals surface area contributed by atoms with Gasteiger partial charge in [0.2, 0.25) is 0 Å². The number of ether oxygens (including phenoxy) is 2. The highest BCUT2D eigenvalue weighted by Gasteiger charge is 2.19. The van der Waals surface area contributed by atoms with Crippen LogP contribution in [0.25, 0.3) is 0 Å². The molecule has 0 amide bonds. The van der Waals surface area contributed by atoms with Gasteiger partial charge in [0.15, 0.2) is 6.10 Å². The Bertz CT molecular complexity index is 434. The Labute approximate surface area is 127 Å². The molecule has 0 bridgehead atoms. The quantitative estimate of drug-likeness (QED) is 0.708. The maximum atomic E-state index is 11.8. The first-order valence-electron chi connectivity index (χ1n) is 7.78. The smallest absolute Gasteiger partial charge is 0.347 e. The molecule has 0 radical (unpaired) electrons. The fourth-order valence-electron chi connectivity index (χ4n) is 2.03. The van der Waals surface area contributed by atoms with E-state index in [1.165, 1.54) is 0 Å². The standard InChI is InChI=1S/C17H27NO3/c1-5-11-18-13(4)14-9-8-10-15(12-14)21-16(6-2)17(19)20-7-3/h8-10,12-13,16,18H,5-7,11H2,1-4H3. The normalized spacial score (nSPS) is 13.5. The molecule has 0 aliphatic carbocycles. The molecule has 2 unspecified atom stereocenters. The number of hydrogen-bond acceptors (Lipinski definition) is 4. The Morgan fingerprint density at radius 1 is 1.29 bits per heavy atom. The van der Waals surface area contributed by atoms with Gasteiger partial charge in [-0.3, -0.25) is 0 Å². The Morgan fingerprint density at radius 3 is 2.67 bits per heavy atom. The lowest BCUT2D eigenvalue weighted by atomic mass is 10.1. The summed E-state index contributed by atoms with van der Waals surface area (Å²) < 4.78 is 10.8. The molecule has 2 atom stereocenters. The number of benzene rings is 1. The van der Waals surface area contributed by atoms with Crippen molar-refractivity contribution >= 4 is 5.97 Å². The van der Waals surface area contributed by atoms with Crippen molar-refractivity contribution in [3.63, 3.8) is 0 Å².